The molecule has 1 aromatic carbocycles. The Morgan fingerprint density at radius 3 is 2.44 bits per heavy atom. The average molecular weight is 486 g/mol. The Bertz CT molecular complexity index is 923. The lowest BCUT2D eigenvalue weighted by Crippen LogP contribution is -2.49. The van der Waals surface area contributed by atoms with Crippen LogP contribution in [-0.2, 0) is 10.0 Å². The van der Waals surface area contributed by atoms with Gasteiger partial charge in [-0.2, -0.15) is 4.31 Å². The number of aryl methyl sites for hydroxylation is 1. The molecule has 1 saturated heterocycles. The molecule has 8 nitrogen and oxygen atoms in total. The largest absolute Gasteiger partial charge is 0.387 e. The fourth-order valence-corrected chi connectivity index (χ4v) is 5.54. The second-order valence-corrected chi connectivity index (χ2v) is 10.8. The van der Waals surface area contributed by atoms with E-state index in [9.17, 15) is 13.2 Å². The number of sulfonamides is 1. The highest BCUT2D eigenvalue weighted by Gasteiger charge is 2.42. The van der Waals surface area contributed by atoms with E-state index in [2.05, 4.69) is 10.7 Å². The summed E-state index contributed by atoms with van der Waals surface area (Å²) in [5, 5.41) is 3.39. The van der Waals surface area contributed by atoms with Crippen molar-refractivity contribution >= 4 is 27.5 Å². The van der Waals surface area contributed by atoms with Crippen molar-refractivity contribution in [3.63, 3.8) is 0 Å². The third kappa shape index (κ3) is 6.60. The van der Waals surface area contributed by atoms with Gasteiger partial charge in [0.1, 0.15) is 0 Å². The third-order valence-electron chi connectivity index (χ3n) is 6.12. The first-order chi connectivity index (χ1) is 15.2. The van der Waals surface area contributed by atoms with Crippen LogP contribution < -0.4 is 22.3 Å². The molecule has 0 radical (unpaired) electrons. The van der Waals surface area contributed by atoms with Crippen LogP contribution in [0.3, 0.4) is 0 Å². The number of nitrogens with two attached hydrogens (primary N) is 2. The standard InChI is InChI=1S/C20H30ClN5O3S.C2H6/c1-14-10-16(21)4-5-17(14)19(27)24-13-20(11-15-2-3-15)6-8-26(9-7-20)30(28,29)18(22)12-25-23;1-2/h4-5,10,12,15,25H,2-3,6-9,11,13,22-23H2,1H3,(H,24,27);1-2H3/b18-12+;. The van der Waals surface area contributed by atoms with Crippen LogP contribution >= 0.6 is 11.6 Å². The van der Waals surface area contributed by atoms with Crippen molar-refractivity contribution < 1.29 is 13.2 Å². The van der Waals surface area contributed by atoms with Crippen LogP contribution in [0.25, 0.3) is 0 Å². The van der Waals surface area contributed by atoms with Crippen molar-refractivity contribution in [2.24, 2.45) is 22.9 Å². The monoisotopic (exact) mass is 485 g/mol. The zero-order chi connectivity index (χ0) is 23.9. The highest BCUT2D eigenvalue weighted by Crippen LogP contribution is 2.45. The average Bonchev–Trinajstić information content (AvgIpc) is 3.58. The molecule has 0 bridgehead atoms. The zero-order valence-electron chi connectivity index (χ0n) is 19.2. The molecule has 2 fully saturated rings. The molecule has 0 unspecified atom stereocenters. The summed E-state index contributed by atoms with van der Waals surface area (Å²) >= 11 is 5.99. The number of hydrazine groups is 1. The number of carbonyl (C=O) groups is 1. The van der Waals surface area contributed by atoms with Crippen LogP contribution in [0.15, 0.2) is 29.4 Å². The van der Waals surface area contributed by atoms with Gasteiger partial charge in [-0.3, -0.25) is 10.6 Å². The Kier molecular flexibility index (Phi) is 9.39. The SMILES string of the molecule is CC.Cc1cc(Cl)ccc1C(=O)NCC1(CC2CC2)CCN(S(=O)(=O)/C(N)=C/NN)CC1. The molecule has 0 spiro atoms. The van der Waals surface area contributed by atoms with E-state index < -0.39 is 10.0 Å². The number of nitrogens with one attached hydrogen (secondary N) is 2. The summed E-state index contributed by atoms with van der Waals surface area (Å²) in [6, 6.07) is 5.21. The lowest BCUT2D eigenvalue weighted by Gasteiger charge is -2.41. The predicted molar refractivity (Wildman–Crippen MR) is 129 cm³/mol. The second kappa shape index (κ2) is 11.4. The number of nitrogens with zero attached hydrogens (tertiary/aromatic N) is 1. The Morgan fingerprint density at radius 2 is 1.91 bits per heavy atom. The molecule has 1 saturated carbocycles. The van der Waals surface area contributed by atoms with Crippen molar-refractivity contribution in [1.82, 2.24) is 15.0 Å². The summed E-state index contributed by atoms with van der Waals surface area (Å²) < 4.78 is 26.6. The number of halogens is 1. The van der Waals surface area contributed by atoms with Gasteiger partial charge in [0.2, 0.25) is 0 Å². The topological polar surface area (TPSA) is 131 Å². The Balaban J connectivity index is 0.00000176. The number of rotatable bonds is 8. The fourth-order valence-electron chi connectivity index (χ4n) is 4.14. The molecule has 1 amide bonds. The number of hydrogen-bond acceptors (Lipinski definition) is 6. The number of benzene rings is 1. The Morgan fingerprint density at radius 1 is 1.28 bits per heavy atom. The van der Waals surface area contributed by atoms with Crippen LogP contribution in [0.2, 0.25) is 5.02 Å². The summed E-state index contributed by atoms with van der Waals surface area (Å²) in [5.41, 5.74) is 9.15. The van der Waals surface area contributed by atoms with Gasteiger partial charge in [0, 0.05) is 36.4 Å². The minimum Gasteiger partial charge on any atom is -0.387 e. The molecule has 1 aromatic rings. The minimum atomic E-state index is -3.74. The van der Waals surface area contributed by atoms with E-state index in [0.29, 0.717) is 49.0 Å². The second-order valence-electron chi connectivity index (χ2n) is 8.41. The Hall–Kier alpha value is -1.81. The molecule has 32 heavy (non-hydrogen) atoms. The molecular weight excluding hydrogens is 450 g/mol. The molecule has 1 aliphatic carbocycles. The Labute approximate surface area is 196 Å². The van der Waals surface area contributed by atoms with E-state index in [4.69, 9.17) is 23.2 Å². The van der Waals surface area contributed by atoms with Gasteiger partial charge < -0.3 is 16.5 Å². The first-order valence-corrected chi connectivity index (χ1v) is 12.9. The lowest BCUT2D eigenvalue weighted by molar-refractivity contribution is 0.0871. The summed E-state index contributed by atoms with van der Waals surface area (Å²) in [4.78, 5) is 12.7. The van der Waals surface area contributed by atoms with Gasteiger partial charge in [0.05, 0.1) is 0 Å². The van der Waals surface area contributed by atoms with Gasteiger partial charge >= 0.3 is 0 Å². The van der Waals surface area contributed by atoms with Gasteiger partial charge in [-0.1, -0.05) is 38.3 Å². The van der Waals surface area contributed by atoms with Crippen molar-refractivity contribution in [2.75, 3.05) is 19.6 Å². The summed E-state index contributed by atoms with van der Waals surface area (Å²) in [7, 11) is -3.74. The van der Waals surface area contributed by atoms with Crippen molar-refractivity contribution in [2.45, 2.75) is 52.9 Å². The number of amides is 1. The molecule has 6 N–H and O–H groups in total. The van der Waals surface area contributed by atoms with Gasteiger partial charge in [0.25, 0.3) is 15.9 Å². The van der Waals surface area contributed by atoms with Crippen LogP contribution in [0.5, 0.6) is 0 Å². The van der Waals surface area contributed by atoms with E-state index >= 15 is 0 Å². The first kappa shape index (κ1) is 26.4. The van der Waals surface area contributed by atoms with Crippen LogP contribution in [0, 0.1) is 18.3 Å². The molecule has 10 heteroatoms. The van der Waals surface area contributed by atoms with E-state index in [0.717, 1.165) is 18.2 Å². The molecule has 0 aromatic heterocycles. The van der Waals surface area contributed by atoms with Gasteiger partial charge in [-0.15, -0.1) is 0 Å². The number of hydrogen-bond donors (Lipinski definition) is 4. The quantitative estimate of drug-likeness (QED) is 0.331. The first-order valence-electron chi connectivity index (χ1n) is 11.1. The number of carbonyl (C=O) groups excluding carboxylic acids is 1. The van der Waals surface area contributed by atoms with Crippen molar-refractivity contribution in [3.05, 3.63) is 45.6 Å². The highest BCUT2D eigenvalue weighted by atomic mass is 35.5. The lowest BCUT2D eigenvalue weighted by atomic mass is 9.74. The summed E-state index contributed by atoms with van der Waals surface area (Å²) in [6.07, 6.45) is 5.82. The fraction of sp³-hybridized carbons (Fsp3) is 0.591. The number of piperidine rings is 1. The molecule has 0 atom stereocenters. The highest BCUT2D eigenvalue weighted by molar-refractivity contribution is 7.92. The predicted octanol–water partition coefficient (Wildman–Crippen LogP) is 2.84. The maximum atomic E-state index is 12.7. The van der Waals surface area contributed by atoms with Crippen molar-refractivity contribution in [1.29, 1.82) is 0 Å². The molecular formula is C22H36ClN5O3S. The third-order valence-corrected chi connectivity index (χ3v) is 8.12. The van der Waals surface area contributed by atoms with E-state index in [1.165, 1.54) is 17.1 Å². The molecule has 180 valence electrons. The summed E-state index contributed by atoms with van der Waals surface area (Å²) in [5.74, 6) is 5.69. The van der Waals surface area contributed by atoms with Crippen LogP contribution in [0.1, 0.15) is 61.9 Å². The van der Waals surface area contributed by atoms with E-state index in [1.54, 1.807) is 18.2 Å². The van der Waals surface area contributed by atoms with Gasteiger partial charge in [-0.05, 0) is 61.3 Å². The maximum Gasteiger partial charge on any atom is 0.259 e. The zero-order valence-corrected chi connectivity index (χ0v) is 20.7. The molecule has 2 aliphatic rings. The van der Waals surface area contributed by atoms with Gasteiger partial charge in [-0.25, -0.2) is 8.42 Å². The molecule has 3 rings (SSSR count). The smallest absolute Gasteiger partial charge is 0.259 e. The van der Waals surface area contributed by atoms with Crippen LogP contribution in [0.4, 0.5) is 0 Å². The minimum absolute atomic E-state index is 0.117. The summed E-state index contributed by atoms with van der Waals surface area (Å²) in [6.45, 7) is 7.11. The molecule has 1 aliphatic heterocycles. The van der Waals surface area contributed by atoms with Crippen LogP contribution in [-0.4, -0.2) is 38.3 Å². The molecule has 1 heterocycles. The normalized spacial score (nSPS) is 19.0. The van der Waals surface area contributed by atoms with Gasteiger partial charge in [0.15, 0.2) is 5.03 Å². The van der Waals surface area contributed by atoms with E-state index in [1.807, 2.05) is 20.8 Å². The van der Waals surface area contributed by atoms with Crippen molar-refractivity contribution in [3.8, 4) is 0 Å². The van der Waals surface area contributed by atoms with E-state index in [-0.39, 0.29) is 16.4 Å². The maximum absolute atomic E-state index is 12.7.